The second kappa shape index (κ2) is 14.0. The maximum absolute atomic E-state index is 11.7. The van der Waals surface area contributed by atoms with Crippen molar-refractivity contribution in [1.82, 2.24) is 10.6 Å². The number of rotatable bonds is 16. The summed E-state index contributed by atoms with van der Waals surface area (Å²) >= 11 is 11.0. The van der Waals surface area contributed by atoms with E-state index < -0.39 is 21.1 Å². The Kier molecular flexibility index (Phi) is 14.5. The van der Waals surface area contributed by atoms with Crippen molar-refractivity contribution >= 4 is 38.4 Å². The smallest absolute Gasteiger partial charge is 0.324 e. The summed E-state index contributed by atoms with van der Waals surface area (Å²) in [7, 11) is -8.32. The molecule has 0 aliphatic carbocycles. The molecule has 0 fully saturated rings. The van der Waals surface area contributed by atoms with Gasteiger partial charge in [0.25, 0.3) is 0 Å². The Balaban J connectivity index is 3.87. The summed E-state index contributed by atoms with van der Waals surface area (Å²) in [5.41, 5.74) is 0. The molecular formula is C11H26Cl2N2O6P2. The van der Waals surface area contributed by atoms with E-state index in [9.17, 15) is 18.9 Å². The second-order valence-electron chi connectivity index (χ2n) is 4.67. The fourth-order valence-corrected chi connectivity index (χ4v) is 5.06. The van der Waals surface area contributed by atoms with Gasteiger partial charge in [-0.25, -0.2) is 0 Å². The number of nitrogens with one attached hydrogen (secondary N) is 2. The molecule has 0 radical (unpaired) electrons. The van der Waals surface area contributed by atoms with Crippen LogP contribution in [0.3, 0.4) is 0 Å². The van der Waals surface area contributed by atoms with Crippen LogP contribution in [0.4, 0.5) is 0 Å². The quantitative estimate of drug-likeness (QED) is 0.171. The van der Waals surface area contributed by atoms with Gasteiger partial charge in [0.2, 0.25) is 0 Å². The minimum absolute atomic E-state index is 0.00537. The highest BCUT2D eigenvalue weighted by molar-refractivity contribution is 7.70. The lowest BCUT2D eigenvalue weighted by Gasteiger charge is -2.16. The molecule has 0 saturated carbocycles. The Hall–Kier alpha value is 0.800. The molecule has 0 spiro atoms. The summed E-state index contributed by atoms with van der Waals surface area (Å²) < 4.78 is 33.1. The van der Waals surface area contributed by atoms with E-state index in [1.165, 1.54) is 0 Å². The Bertz CT molecular complexity index is 358. The summed E-state index contributed by atoms with van der Waals surface area (Å²) in [5, 5.41) is 5.98. The molecule has 0 aliphatic heterocycles. The van der Waals surface area contributed by atoms with Crippen LogP contribution in [0, 0.1) is 0 Å². The largest absolute Gasteiger partial charge is 0.340 e. The van der Waals surface area contributed by atoms with E-state index in [0.29, 0.717) is 50.8 Å². The van der Waals surface area contributed by atoms with E-state index in [1.807, 2.05) is 0 Å². The summed E-state index contributed by atoms with van der Waals surface area (Å²) in [6.45, 7) is 2.44. The van der Waals surface area contributed by atoms with Crippen LogP contribution >= 0.6 is 38.4 Å². The molecule has 12 heteroatoms. The molecule has 0 aliphatic rings. The third kappa shape index (κ3) is 16.0. The molecule has 8 nitrogen and oxygen atoms in total. The minimum Gasteiger partial charge on any atom is -0.324 e. The Labute approximate surface area is 147 Å². The SMILES string of the molecule is O=P(O)(CP(=O)(O)OCCCNCCCl)OCCCNCCCl. The van der Waals surface area contributed by atoms with Crippen molar-refractivity contribution in [2.24, 2.45) is 0 Å². The number of halogens is 2. The summed E-state index contributed by atoms with van der Waals surface area (Å²) in [6, 6.07) is 0. The maximum atomic E-state index is 11.7. The first-order valence-corrected chi connectivity index (χ1v) is 11.9. The van der Waals surface area contributed by atoms with Gasteiger partial charge in [0.1, 0.15) is 0 Å². The van der Waals surface area contributed by atoms with Crippen LogP contribution in [0.15, 0.2) is 0 Å². The third-order valence-electron chi connectivity index (χ3n) is 2.48. The van der Waals surface area contributed by atoms with Gasteiger partial charge < -0.3 is 29.5 Å². The van der Waals surface area contributed by atoms with Gasteiger partial charge in [-0.3, -0.25) is 9.13 Å². The highest BCUT2D eigenvalue weighted by Gasteiger charge is 2.33. The highest BCUT2D eigenvalue weighted by atomic mass is 35.5. The monoisotopic (exact) mass is 414 g/mol. The van der Waals surface area contributed by atoms with E-state index in [4.69, 9.17) is 32.2 Å². The molecule has 0 aromatic carbocycles. The van der Waals surface area contributed by atoms with Gasteiger partial charge in [-0.2, -0.15) is 0 Å². The minimum atomic E-state index is -4.16. The van der Waals surface area contributed by atoms with Crippen LogP contribution in [-0.2, 0) is 18.2 Å². The van der Waals surface area contributed by atoms with Crippen molar-refractivity contribution in [1.29, 1.82) is 0 Å². The van der Waals surface area contributed by atoms with Crippen LogP contribution in [0.5, 0.6) is 0 Å². The van der Waals surface area contributed by atoms with Gasteiger partial charge in [0.15, 0.2) is 5.90 Å². The van der Waals surface area contributed by atoms with Crippen LogP contribution in [-0.4, -0.2) is 66.8 Å². The zero-order chi connectivity index (χ0) is 17.6. The predicted octanol–water partition coefficient (Wildman–Crippen LogP) is 1.78. The average Bonchev–Trinajstić information content (AvgIpc) is 2.45. The lowest BCUT2D eigenvalue weighted by Crippen LogP contribution is -2.19. The van der Waals surface area contributed by atoms with Crippen molar-refractivity contribution in [3.05, 3.63) is 0 Å². The molecule has 2 atom stereocenters. The molecule has 0 rings (SSSR count). The summed E-state index contributed by atoms with van der Waals surface area (Å²) in [6.07, 6.45) is 0.981. The topological polar surface area (TPSA) is 117 Å². The number of hydrogen-bond donors (Lipinski definition) is 4. The fraction of sp³-hybridized carbons (Fsp3) is 1.00. The molecule has 0 bridgehead atoms. The van der Waals surface area contributed by atoms with Crippen molar-refractivity contribution in [2.45, 2.75) is 12.8 Å². The van der Waals surface area contributed by atoms with E-state index in [1.54, 1.807) is 0 Å². The molecule has 4 N–H and O–H groups in total. The Morgan fingerprint density at radius 3 is 1.52 bits per heavy atom. The van der Waals surface area contributed by atoms with Crippen LogP contribution < -0.4 is 10.6 Å². The number of hydrogen-bond acceptors (Lipinski definition) is 6. The summed E-state index contributed by atoms with van der Waals surface area (Å²) in [5.74, 6) is 0.0434. The van der Waals surface area contributed by atoms with Gasteiger partial charge in [-0.1, -0.05) is 0 Å². The standard InChI is InChI=1S/C11H26Cl2N2O6P2/c12-3-7-14-5-1-9-20-22(16,17)11-23(18,19)21-10-2-6-15-8-4-13/h14-15H,1-11H2,(H,16,17)(H,18,19). The molecule has 0 heterocycles. The lowest BCUT2D eigenvalue weighted by molar-refractivity contribution is 0.242. The third-order valence-corrected chi connectivity index (χ3v) is 6.89. The summed E-state index contributed by atoms with van der Waals surface area (Å²) in [4.78, 5) is 19.2. The van der Waals surface area contributed by atoms with Crippen molar-refractivity contribution < 1.29 is 28.0 Å². The molecule has 0 saturated heterocycles. The van der Waals surface area contributed by atoms with Gasteiger partial charge in [-0.05, 0) is 25.9 Å². The first-order chi connectivity index (χ1) is 10.8. The molecule has 23 heavy (non-hydrogen) atoms. The fourth-order valence-electron chi connectivity index (χ4n) is 1.50. The first kappa shape index (κ1) is 23.8. The second-order valence-corrected chi connectivity index (χ2v) is 9.62. The Morgan fingerprint density at radius 2 is 1.17 bits per heavy atom. The van der Waals surface area contributed by atoms with Crippen molar-refractivity contribution in [3.63, 3.8) is 0 Å². The first-order valence-electron chi connectivity index (χ1n) is 7.29. The average molecular weight is 415 g/mol. The molecular weight excluding hydrogens is 389 g/mol. The van der Waals surface area contributed by atoms with Crippen molar-refractivity contribution in [2.75, 3.05) is 57.1 Å². The van der Waals surface area contributed by atoms with E-state index in [2.05, 4.69) is 10.6 Å². The zero-order valence-electron chi connectivity index (χ0n) is 13.0. The number of alkyl halides is 2. The predicted molar refractivity (Wildman–Crippen MR) is 92.8 cm³/mol. The molecule has 0 aromatic heterocycles. The van der Waals surface area contributed by atoms with E-state index >= 15 is 0 Å². The van der Waals surface area contributed by atoms with Crippen molar-refractivity contribution in [3.8, 4) is 0 Å². The van der Waals surface area contributed by atoms with Gasteiger partial charge >= 0.3 is 15.2 Å². The normalized spacial score (nSPS) is 16.9. The van der Waals surface area contributed by atoms with E-state index in [-0.39, 0.29) is 13.2 Å². The van der Waals surface area contributed by atoms with Crippen LogP contribution in [0.2, 0.25) is 0 Å². The van der Waals surface area contributed by atoms with Crippen LogP contribution in [0.25, 0.3) is 0 Å². The molecule has 140 valence electrons. The molecule has 0 aromatic rings. The maximum Gasteiger partial charge on any atom is 0.340 e. The van der Waals surface area contributed by atoms with E-state index in [0.717, 1.165) is 0 Å². The van der Waals surface area contributed by atoms with Gasteiger partial charge in [-0.15, -0.1) is 23.2 Å². The zero-order valence-corrected chi connectivity index (χ0v) is 16.3. The lowest BCUT2D eigenvalue weighted by atomic mass is 10.4. The highest BCUT2D eigenvalue weighted by Crippen LogP contribution is 2.58. The Morgan fingerprint density at radius 1 is 0.783 bits per heavy atom. The van der Waals surface area contributed by atoms with Gasteiger partial charge in [0.05, 0.1) is 13.2 Å². The van der Waals surface area contributed by atoms with Crippen LogP contribution in [0.1, 0.15) is 12.8 Å². The van der Waals surface area contributed by atoms with Gasteiger partial charge in [0, 0.05) is 24.8 Å². The molecule has 0 amide bonds. The molecule has 2 unspecified atom stereocenters.